The second-order valence-corrected chi connectivity index (χ2v) is 6.24. The van der Waals surface area contributed by atoms with Crippen LogP contribution in [0.25, 0.3) is 0 Å². The minimum Gasteiger partial charge on any atom is -0.408 e. The number of rotatable bonds is 5. The van der Waals surface area contributed by atoms with Crippen molar-refractivity contribution in [2.75, 3.05) is 24.6 Å². The summed E-state index contributed by atoms with van der Waals surface area (Å²) in [4.78, 5) is 13.8. The van der Waals surface area contributed by atoms with Crippen LogP contribution in [0.5, 0.6) is 0 Å². The van der Waals surface area contributed by atoms with E-state index in [2.05, 4.69) is 15.5 Å². The number of halogens is 1. The number of carbonyl (C=O) groups is 1. The summed E-state index contributed by atoms with van der Waals surface area (Å²) in [5, 5.41) is 10.6. The normalized spacial score (nSPS) is 28.1. The predicted octanol–water partition coefficient (Wildman–Crippen LogP) is 1.37. The van der Waals surface area contributed by atoms with Crippen molar-refractivity contribution in [3.8, 4) is 0 Å². The smallest absolute Gasteiger partial charge is 0.318 e. The molecule has 0 bridgehead atoms. The van der Waals surface area contributed by atoms with Crippen molar-refractivity contribution in [3.05, 3.63) is 5.89 Å². The second kappa shape index (κ2) is 7.25. The van der Waals surface area contributed by atoms with Crippen molar-refractivity contribution in [1.29, 1.82) is 0 Å². The molecule has 0 spiro atoms. The lowest BCUT2D eigenvalue weighted by atomic mass is 10.1. The van der Waals surface area contributed by atoms with Crippen molar-refractivity contribution in [1.82, 2.24) is 15.5 Å². The molecule has 1 N–H and O–H groups in total. The number of nitrogens with zero attached hydrogens (tertiary/aromatic N) is 3. The largest absolute Gasteiger partial charge is 0.408 e. The fourth-order valence-electron chi connectivity index (χ4n) is 3.17. The van der Waals surface area contributed by atoms with Gasteiger partial charge >= 0.3 is 6.01 Å². The van der Waals surface area contributed by atoms with Crippen LogP contribution in [0.4, 0.5) is 10.4 Å². The Labute approximate surface area is 134 Å². The van der Waals surface area contributed by atoms with E-state index in [0.717, 1.165) is 25.9 Å². The molecule has 7 nitrogen and oxygen atoms in total. The molecule has 0 aliphatic carbocycles. The fourth-order valence-corrected chi connectivity index (χ4v) is 3.17. The zero-order valence-electron chi connectivity index (χ0n) is 13.3. The zero-order chi connectivity index (χ0) is 16.2. The lowest BCUT2D eigenvalue weighted by molar-refractivity contribution is -0.124. The number of hydrogen-bond acceptors (Lipinski definition) is 6. The third kappa shape index (κ3) is 4.19. The fraction of sp³-hybridized carbons (Fsp3) is 0.800. The first-order valence-corrected chi connectivity index (χ1v) is 8.21. The molecular formula is C15H23FN4O3. The van der Waals surface area contributed by atoms with Gasteiger partial charge in [-0.25, -0.2) is 4.39 Å². The molecule has 1 aromatic rings. The van der Waals surface area contributed by atoms with Gasteiger partial charge in [-0.2, -0.15) is 0 Å². The molecule has 2 saturated heterocycles. The van der Waals surface area contributed by atoms with Crippen LogP contribution < -0.4 is 10.2 Å². The summed E-state index contributed by atoms with van der Waals surface area (Å²) < 4.78 is 24.7. The van der Waals surface area contributed by atoms with E-state index >= 15 is 0 Å². The van der Waals surface area contributed by atoms with E-state index < -0.39 is 6.17 Å². The maximum atomic E-state index is 13.7. The van der Waals surface area contributed by atoms with Crippen LogP contribution in [0.1, 0.15) is 38.0 Å². The van der Waals surface area contributed by atoms with E-state index in [1.807, 2.05) is 0 Å². The molecule has 0 aromatic carbocycles. The summed E-state index contributed by atoms with van der Waals surface area (Å²) in [5.74, 6) is 0.389. The summed E-state index contributed by atoms with van der Waals surface area (Å²) in [6.45, 7) is 3.01. The standard InChI is InChI=1S/C15H23FN4O3/c1-10-18-19-15(23-10)20-9-11(16)6-12(20)8-17-14(21)7-13-4-2-3-5-22-13/h11-13H,2-9H2,1H3,(H,17,21)/t11-,12-,13-/m0/s1. The van der Waals surface area contributed by atoms with Gasteiger partial charge in [0.1, 0.15) is 6.17 Å². The van der Waals surface area contributed by atoms with Crippen molar-refractivity contribution < 1.29 is 18.3 Å². The van der Waals surface area contributed by atoms with E-state index in [0.29, 0.717) is 31.3 Å². The van der Waals surface area contributed by atoms with Crippen LogP contribution in [-0.2, 0) is 9.53 Å². The Balaban J connectivity index is 1.50. The van der Waals surface area contributed by atoms with Crippen LogP contribution in [0.3, 0.4) is 0 Å². The van der Waals surface area contributed by atoms with Gasteiger partial charge in [-0.3, -0.25) is 4.79 Å². The third-order valence-corrected chi connectivity index (χ3v) is 4.35. The molecular weight excluding hydrogens is 303 g/mol. The Hall–Kier alpha value is -1.70. The van der Waals surface area contributed by atoms with E-state index in [-0.39, 0.29) is 24.6 Å². The van der Waals surface area contributed by atoms with Crippen molar-refractivity contribution in [2.45, 2.75) is 57.3 Å². The van der Waals surface area contributed by atoms with Crippen LogP contribution in [0.2, 0.25) is 0 Å². The lowest BCUT2D eigenvalue weighted by Gasteiger charge is -2.24. The van der Waals surface area contributed by atoms with Crippen molar-refractivity contribution >= 4 is 11.9 Å². The summed E-state index contributed by atoms with van der Waals surface area (Å²) in [6.07, 6.45) is 2.87. The Morgan fingerprint density at radius 2 is 2.30 bits per heavy atom. The molecule has 2 aliphatic rings. The van der Waals surface area contributed by atoms with Gasteiger partial charge in [-0.1, -0.05) is 5.10 Å². The Kier molecular flexibility index (Phi) is 5.09. The number of aryl methyl sites for hydroxylation is 1. The summed E-state index contributed by atoms with van der Waals surface area (Å²) in [5.41, 5.74) is 0. The van der Waals surface area contributed by atoms with Gasteiger partial charge in [0.05, 0.1) is 25.1 Å². The highest BCUT2D eigenvalue weighted by Crippen LogP contribution is 2.26. The first-order chi connectivity index (χ1) is 11.1. The number of nitrogens with one attached hydrogen (secondary N) is 1. The predicted molar refractivity (Wildman–Crippen MR) is 80.9 cm³/mol. The molecule has 1 amide bonds. The SMILES string of the molecule is Cc1nnc(N2C[C@@H](F)C[C@H]2CNC(=O)C[C@@H]2CCCCO2)o1. The minimum absolute atomic E-state index is 0.0101. The maximum absolute atomic E-state index is 13.7. The molecule has 2 aliphatic heterocycles. The van der Waals surface area contributed by atoms with Crippen molar-refractivity contribution in [3.63, 3.8) is 0 Å². The van der Waals surface area contributed by atoms with Crippen LogP contribution in [0.15, 0.2) is 4.42 Å². The van der Waals surface area contributed by atoms with Gasteiger partial charge < -0.3 is 19.4 Å². The molecule has 8 heteroatoms. The number of alkyl halides is 1. The number of anilines is 1. The van der Waals surface area contributed by atoms with Gasteiger partial charge in [0.15, 0.2) is 0 Å². The highest BCUT2D eigenvalue weighted by molar-refractivity contribution is 5.76. The number of amides is 1. The quantitative estimate of drug-likeness (QED) is 0.880. The van der Waals surface area contributed by atoms with E-state index in [1.165, 1.54) is 0 Å². The molecule has 128 valence electrons. The molecule has 3 atom stereocenters. The number of aromatic nitrogens is 2. The highest BCUT2D eigenvalue weighted by Gasteiger charge is 2.35. The van der Waals surface area contributed by atoms with Gasteiger partial charge in [-0.05, 0) is 19.3 Å². The van der Waals surface area contributed by atoms with E-state index in [1.54, 1.807) is 11.8 Å². The Morgan fingerprint density at radius 1 is 1.43 bits per heavy atom. The third-order valence-electron chi connectivity index (χ3n) is 4.35. The number of hydrogen-bond donors (Lipinski definition) is 1. The number of carbonyl (C=O) groups excluding carboxylic acids is 1. The topological polar surface area (TPSA) is 80.5 Å². The second-order valence-electron chi connectivity index (χ2n) is 6.24. The summed E-state index contributed by atoms with van der Waals surface area (Å²) >= 11 is 0. The van der Waals surface area contributed by atoms with E-state index in [9.17, 15) is 9.18 Å². The molecule has 0 saturated carbocycles. The first-order valence-electron chi connectivity index (χ1n) is 8.21. The van der Waals surface area contributed by atoms with Crippen LogP contribution >= 0.6 is 0 Å². The van der Waals surface area contributed by atoms with Gasteiger partial charge in [0.25, 0.3) is 0 Å². The molecule has 0 radical (unpaired) electrons. The molecule has 3 heterocycles. The molecule has 0 unspecified atom stereocenters. The maximum Gasteiger partial charge on any atom is 0.318 e. The molecule has 23 heavy (non-hydrogen) atoms. The Bertz CT molecular complexity index is 533. The summed E-state index contributed by atoms with van der Waals surface area (Å²) in [7, 11) is 0. The van der Waals surface area contributed by atoms with Gasteiger partial charge in [0.2, 0.25) is 11.8 Å². The molecule has 2 fully saturated rings. The van der Waals surface area contributed by atoms with Crippen LogP contribution in [-0.4, -0.2) is 54.1 Å². The lowest BCUT2D eigenvalue weighted by Crippen LogP contribution is -2.41. The average Bonchev–Trinajstić information content (AvgIpc) is 3.12. The number of ether oxygens (including phenoxy) is 1. The first kappa shape index (κ1) is 16.2. The van der Waals surface area contributed by atoms with Gasteiger partial charge in [-0.15, -0.1) is 5.10 Å². The molecule has 1 aromatic heterocycles. The van der Waals surface area contributed by atoms with Crippen molar-refractivity contribution in [2.24, 2.45) is 0 Å². The zero-order valence-corrected chi connectivity index (χ0v) is 13.3. The van der Waals surface area contributed by atoms with Crippen LogP contribution in [0, 0.1) is 6.92 Å². The highest BCUT2D eigenvalue weighted by atomic mass is 19.1. The monoisotopic (exact) mass is 326 g/mol. The Morgan fingerprint density at radius 3 is 3.00 bits per heavy atom. The van der Waals surface area contributed by atoms with E-state index in [4.69, 9.17) is 9.15 Å². The minimum atomic E-state index is -0.953. The molecule has 3 rings (SSSR count). The average molecular weight is 326 g/mol. The van der Waals surface area contributed by atoms with Gasteiger partial charge in [0, 0.05) is 26.5 Å². The summed E-state index contributed by atoms with van der Waals surface area (Å²) in [6, 6.07) is 0.151.